The number of hydrogen-bond acceptors (Lipinski definition) is 2. The fourth-order valence-electron chi connectivity index (χ4n) is 2.23. The second kappa shape index (κ2) is 6.21. The molecular weight excluding hydrogens is 220 g/mol. The molecule has 0 amide bonds. The number of rotatable bonds is 4. The van der Waals surface area contributed by atoms with Gasteiger partial charge in [-0.2, -0.15) is 0 Å². The van der Waals surface area contributed by atoms with Gasteiger partial charge in [0, 0.05) is 18.1 Å². The van der Waals surface area contributed by atoms with Crippen LogP contribution in [0.2, 0.25) is 0 Å². The molecule has 2 rings (SSSR count). The lowest BCUT2D eigenvalue weighted by Crippen LogP contribution is -2.26. The second-order valence-electron chi connectivity index (χ2n) is 4.57. The molecule has 0 atom stereocenters. The largest absolute Gasteiger partial charge is 0.311 e. The maximum atomic E-state index is 6.08. The fraction of sp³-hybridized carbons (Fsp3) is 0.615. The Balaban J connectivity index is 1.65. The molecule has 1 aromatic heterocycles. The number of pyridine rings is 1. The molecule has 0 radical (unpaired) electrons. The Hall–Kier alpha value is -0.600. The van der Waals surface area contributed by atoms with Crippen molar-refractivity contribution in [1.29, 1.82) is 0 Å². The summed E-state index contributed by atoms with van der Waals surface area (Å²) in [7, 11) is 0. The molecule has 0 aromatic carbocycles. The molecule has 16 heavy (non-hydrogen) atoms. The monoisotopic (exact) mass is 238 g/mol. The minimum atomic E-state index is 0.423. The predicted octanol–water partition coefficient (Wildman–Crippen LogP) is 2.97. The van der Waals surface area contributed by atoms with Crippen molar-refractivity contribution < 1.29 is 0 Å². The molecule has 1 aromatic rings. The molecule has 1 N–H and O–H groups in total. The van der Waals surface area contributed by atoms with Crippen molar-refractivity contribution in [3.63, 3.8) is 0 Å². The van der Waals surface area contributed by atoms with Gasteiger partial charge in [-0.1, -0.05) is 6.07 Å². The van der Waals surface area contributed by atoms with Gasteiger partial charge >= 0.3 is 0 Å². The average molecular weight is 239 g/mol. The van der Waals surface area contributed by atoms with E-state index in [1.807, 2.05) is 18.3 Å². The smallest absolute Gasteiger partial charge is 0.0541 e. The quantitative estimate of drug-likeness (QED) is 0.816. The van der Waals surface area contributed by atoms with Crippen molar-refractivity contribution in [2.45, 2.75) is 37.6 Å². The van der Waals surface area contributed by atoms with Gasteiger partial charge in [0.15, 0.2) is 0 Å². The molecule has 1 fully saturated rings. The first-order valence-electron chi connectivity index (χ1n) is 6.09. The Kier molecular flexibility index (Phi) is 4.61. The van der Waals surface area contributed by atoms with E-state index in [1.54, 1.807) is 0 Å². The fourth-order valence-corrected chi connectivity index (χ4v) is 2.48. The highest BCUT2D eigenvalue weighted by atomic mass is 35.5. The Morgan fingerprint density at radius 1 is 1.25 bits per heavy atom. The van der Waals surface area contributed by atoms with Crippen molar-refractivity contribution in [1.82, 2.24) is 10.3 Å². The van der Waals surface area contributed by atoms with Crippen LogP contribution in [0.3, 0.4) is 0 Å². The molecule has 88 valence electrons. The van der Waals surface area contributed by atoms with Crippen LogP contribution in [0.4, 0.5) is 0 Å². The van der Waals surface area contributed by atoms with Crippen molar-refractivity contribution in [2.75, 3.05) is 6.54 Å². The molecule has 0 spiro atoms. The summed E-state index contributed by atoms with van der Waals surface area (Å²) in [5.41, 5.74) is 1.12. The maximum Gasteiger partial charge on any atom is 0.0541 e. The Morgan fingerprint density at radius 3 is 2.75 bits per heavy atom. The van der Waals surface area contributed by atoms with Gasteiger partial charge in [-0.25, -0.2) is 0 Å². The molecule has 3 heteroatoms. The number of nitrogens with zero attached hydrogens (tertiary/aromatic N) is 1. The van der Waals surface area contributed by atoms with Crippen LogP contribution in [0.15, 0.2) is 24.4 Å². The molecule has 1 aliphatic carbocycles. The lowest BCUT2D eigenvalue weighted by molar-refractivity contribution is 0.345. The lowest BCUT2D eigenvalue weighted by Gasteiger charge is -2.25. The van der Waals surface area contributed by atoms with Gasteiger partial charge in [0.1, 0.15) is 0 Å². The SMILES string of the molecule is ClC1CCC(CNCc2ccccn2)CC1. The standard InChI is InChI=1S/C13H19ClN2/c14-12-6-4-11(5-7-12)9-15-10-13-3-1-2-8-16-13/h1-3,8,11-12,15H,4-7,9-10H2. The van der Waals surface area contributed by atoms with E-state index in [2.05, 4.69) is 16.4 Å². The molecule has 1 saturated carbocycles. The molecule has 1 heterocycles. The van der Waals surface area contributed by atoms with E-state index in [9.17, 15) is 0 Å². The predicted molar refractivity (Wildman–Crippen MR) is 67.5 cm³/mol. The first kappa shape index (κ1) is 11.9. The number of alkyl halides is 1. The summed E-state index contributed by atoms with van der Waals surface area (Å²) >= 11 is 6.08. The van der Waals surface area contributed by atoms with Gasteiger partial charge in [-0.15, -0.1) is 11.6 Å². The van der Waals surface area contributed by atoms with E-state index in [4.69, 9.17) is 11.6 Å². The normalized spacial score (nSPS) is 25.6. The summed E-state index contributed by atoms with van der Waals surface area (Å²) in [6, 6.07) is 6.04. The van der Waals surface area contributed by atoms with Crippen LogP contribution in [0.1, 0.15) is 31.4 Å². The minimum Gasteiger partial charge on any atom is -0.311 e. The van der Waals surface area contributed by atoms with Crippen molar-refractivity contribution in [2.24, 2.45) is 5.92 Å². The van der Waals surface area contributed by atoms with Gasteiger partial charge in [-0.05, 0) is 50.3 Å². The zero-order valence-corrected chi connectivity index (χ0v) is 10.3. The second-order valence-corrected chi connectivity index (χ2v) is 5.19. The summed E-state index contributed by atoms with van der Waals surface area (Å²) in [5, 5.41) is 3.90. The van der Waals surface area contributed by atoms with Gasteiger partial charge in [0.25, 0.3) is 0 Å². The van der Waals surface area contributed by atoms with E-state index in [-0.39, 0.29) is 0 Å². The number of hydrogen-bond donors (Lipinski definition) is 1. The van der Waals surface area contributed by atoms with Crippen LogP contribution >= 0.6 is 11.6 Å². The summed E-state index contributed by atoms with van der Waals surface area (Å²) in [5.74, 6) is 0.804. The van der Waals surface area contributed by atoms with Gasteiger partial charge in [0.05, 0.1) is 5.69 Å². The summed E-state index contributed by atoms with van der Waals surface area (Å²) in [4.78, 5) is 4.29. The van der Waals surface area contributed by atoms with E-state index >= 15 is 0 Å². The van der Waals surface area contributed by atoms with Crippen LogP contribution < -0.4 is 5.32 Å². The van der Waals surface area contributed by atoms with Crippen LogP contribution in [0.25, 0.3) is 0 Å². The van der Waals surface area contributed by atoms with Crippen LogP contribution in [-0.2, 0) is 6.54 Å². The minimum absolute atomic E-state index is 0.423. The van der Waals surface area contributed by atoms with Gasteiger partial charge in [-0.3, -0.25) is 4.98 Å². The van der Waals surface area contributed by atoms with Crippen LogP contribution in [-0.4, -0.2) is 16.9 Å². The van der Waals surface area contributed by atoms with Gasteiger partial charge < -0.3 is 5.32 Å². The van der Waals surface area contributed by atoms with Gasteiger partial charge in [0.2, 0.25) is 0 Å². The summed E-state index contributed by atoms with van der Waals surface area (Å²) < 4.78 is 0. The first-order valence-corrected chi connectivity index (χ1v) is 6.53. The van der Waals surface area contributed by atoms with E-state index < -0.39 is 0 Å². The third kappa shape index (κ3) is 3.76. The summed E-state index contributed by atoms with van der Waals surface area (Å²) in [6.45, 7) is 1.97. The molecule has 1 aliphatic rings. The van der Waals surface area contributed by atoms with Crippen molar-refractivity contribution in [3.05, 3.63) is 30.1 Å². The number of nitrogens with one attached hydrogen (secondary N) is 1. The Labute approximate surface area is 102 Å². The van der Waals surface area contributed by atoms with Crippen LogP contribution in [0, 0.1) is 5.92 Å². The zero-order chi connectivity index (χ0) is 11.2. The topological polar surface area (TPSA) is 24.9 Å². The molecule has 0 unspecified atom stereocenters. The molecule has 0 bridgehead atoms. The molecule has 2 nitrogen and oxygen atoms in total. The summed E-state index contributed by atoms with van der Waals surface area (Å²) in [6.07, 6.45) is 6.73. The lowest BCUT2D eigenvalue weighted by atomic mass is 9.89. The number of aromatic nitrogens is 1. The molecule has 0 aliphatic heterocycles. The van der Waals surface area contributed by atoms with E-state index in [0.29, 0.717) is 5.38 Å². The first-order chi connectivity index (χ1) is 7.84. The molecule has 0 saturated heterocycles. The van der Waals surface area contributed by atoms with E-state index in [0.717, 1.165) is 24.7 Å². The molecular formula is C13H19ClN2. The highest BCUT2D eigenvalue weighted by Crippen LogP contribution is 2.26. The van der Waals surface area contributed by atoms with Crippen molar-refractivity contribution in [3.8, 4) is 0 Å². The zero-order valence-electron chi connectivity index (χ0n) is 9.53. The third-order valence-corrected chi connectivity index (χ3v) is 3.68. The maximum absolute atomic E-state index is 6.08. The number of halogens is 1. The Bertz CT molecular complexity index is 294. The van der Waals surface area contributed by atoms with Crippen LogP contribution in [0.5, 0.6) is 0 Å². The van der Waals surface area contributed by atoms with Crippen molar-refractivity contribution >= 4 is 11.6 Å². The third-order valence-electron chi connectivity index (χ3n) is 3.24. The highest BCUT2D eigenvalue weighted by molar-refractivity contribution is 6.20. The Morgan fingerprint density at radius 2 is 2.06 bits per heavy atom. The van der Waals surface area contributed by atoms with E-state index in [1.165, 1.54) is 25.7 Å². The average Bonchev–Trinajstić information content (AvgIpc) is 2.33. The highest BCUT2D eigenvalue weighted by Gasteiger charge is 2.18.